The van der Waals surface area contributed by atoms with Gasteiger partial charge in [-0.3, -0.25) is 4.79 Å². The van der Waals surface area contributed by atoms with E-state index in [0.717, 1.165) is 26.8 Å². The number of nitrogens with zero attached hydrogens (tertiary/aromatic N) is 3. The molecular formula is C23H16N4O2. The van der Waals surface area contributed by atoms with Crippen molar-refractivity contribution in [1.29, 1.82) is 0 Å². The van der Waals surface area contributed by atoms with Gasteiger partial charge in [0.2, 0.25) is 0 Å². The van der Waals surface area contributed by atoms with Gasteiger partial charge in [-0.2, -0.15) is 5.10 Å². The lowest BCUT2D eigenvalue weighted by atomic mass is 10.1. The van der Waals surface area contributed by atoms with Crippen molar-refractivity contribution in [1.82, 2.24) is 14.2 Å². The molecule has 0 unspecified atom stereocenters. The molecule has 3 aromatic carbocycles. The maximum atomic E-state index is 12.6. The van der Waals surface area contributed by atoms with Gasteiger partial charge < -0.3 is 9.55 Å². The highest BCUT2D eigenvalue weighted by Crippen LogP contribution is 2.19. The molecule has 0 aliphatic rings. The molecular weight excluding hydrogens is 364 g/mol. The summed E-state index contributed by atoms with van der Waals surface area (Å²) in [5.74, 6) is 0. The summed E-state index contributed by atoms with van der Waals surface area (Å²) in [5.41, 5.74) is 1.18. The van der Waals surface area contributed by atoms with Gasteiger partial charge in [-0.25, -0.2) is 4.79 Å². The van der Waals surface area contributed by atoms with E-state index in [-0.39, 0.29) is 0 Å². The summed E-state index contributed by atoms with van der Waals surface area (Å²) in [6.45, 7) is 0. The van der Waals surface area contributed by atoms with Crippen LogP contribution in [0.1, 0.15) is 5.69 Å². The number of nitrogens with one attached hydrogen (secondary N) is 1. The molecule has 0 saturated heterocycles. The molecule has 0 radical (unpaired) electrons. The minimum absolute atomic E-state index is 0.411. The van der Waals surface area contributed by atoms with Crippen LogP contribution in [0, 0.1) is 0 Å². The number of aromatic nitrogens is 3. The van der Waals surface area contributed by atoms with Crippen molar-refractivity contribution in [3.05, 3.63) is 112 Å². The highest BCUT2D eigenvalue weighted by atomic mass is 16.2. The van der Waals surface area contributed by atoms with Gasteiger partial charge in [0.15, 0.2) is 0 Å². The normalized spacial score (nSPS) is 11.6. The first kappa shape index (κ1) is 16.9. The lowest BCUT2D eigenvalue weighted by Crippen LogP contribution is -2.32. The molecule has 0 saturated carbocycles. The molecule has 2 heterocycles. The number of hydrogen-bond donors (Lipinski definition) is 1. The van der Waals surface area contributed by atoms with Crippen LogP contribution < -0.4 is 11.2 Å². The molecule has 0 fully saturated rings. The zero-order valence-corrected chi connectivity index (χ0v) is 15.3. The first-order valence-corrected chi connectivity index (χ1v) is 9.16. The van der Waals surface area contributed by atoms with Gasteiger partial charge in [-0.05, 0) is 47.2 Å². The van der Waals surface area contributed by atoms with Crippen LogP contribution in [0.3, 0.4) is 0 Å². The molecule has 0 aliphatic carbocycles. The zero-order valence-electron chi connectivity index (χ0n) is 15.3. The standard InChI is InChI=1S/C23H16N4O2/c28-22-20-9-3-4-10-21(20)25-23(29)27(22)24-15-19-8-5-13-26(19)18-12-11-16-6-1-2-7-17(16)14-18/h1-15H,(H,25,29). The molecule has 1 N–H and O–H groups in total. The van der Waals surface area contributed by atoms with E-state index >= 15 is 0 Å². The van der Waals surface area contributed by atoms with Crippen molar-refractivity contribution in [3.8, 4) is 5.69 Å². The number of para-hydroxylation sites is 1. The molecule has 0 spiro atoms. The number of benzene rings is 3. The molecule has 5 aromatic rings. The summed E-state index contributed by atoms with van der Waals surface area (Å²) in [7, 11) is 0. The lowest BCUT2D eigenvalue weighted by Gasteiger charge is -2.08. The Hall–Kier alpha value is -4.19. The smallest absolute Gasteiger partial charge is 0.316 e. The Morgan fingerprint density at radius 1 is 0.828 bits per heavy atom. The minimum Gasteiger partial charge on any atom is -0.316 e. The topological polar surface area (TPSA) is 72.2 Å². The maximum Gasteiger partial charge on any atom is 0.349 e. The van der Waals surface area contributed by atoms with Gasteiger partial charge in [0.1, 0.15) is 0 Å². The average molecular weight is 380 g/mol. The molecule has 0 atom stereocenters. The Balaban J connectivity index is 1.58. The van der Waals surface area contributed by atoms with Crippen molar-refractivity contribution < 1.29 is 0 Å². The Labute approximate surface area is 165 Å². The van der Waals surface area contributed by atoms with Gasteiger partial charge >= 0.3 is 5.69 Å². The van der Waals surface area contributed by atoms with E-state index < -0.39 is 11.2 Å². The largest absolute Gasteiger partial charge is 0.349 e. The highest BCUT2D eigenvalue weighted by Gasteiger charge is 2.07. The van der Waals surface area contributed by atoms with E-state index in [1.807, 2.05) is 41.1 Å². The van der Waals surface area contributed by atoms with Crippen LogP contribution in [-0.2, 0) is 0 Å². The summed E-state index contributed by atoms with van der Waals surface area (Å²) in [5, 5.41) is 6.86. The van der Waals surface area contributed by atoms with Crippen LogP contribution in [0.15, 0.2) is 99.8 Å². The second-order valence-corrected chi connectivity index (χ2v) is 6.67. The number of H-pyrrole nitrogens is 1. The third-order valence-electron chi connectivity index (χ3n) is 4.88. The second-order valence-electron chi connectivity index (χ2n) is 6.67. The van der Waals surface area contributed by atoms with Gasteiger partial charge in [0, 0.05) is 11.9 Å². The summed E-state index contributed by atoms with van der Waals surface area (Å²) < 4.78 is 2.80. The van der Waals surface area contributed by atoms with Crippen molar-refractivity contribution in [2.45, 2.75) is 0 Å². The highest BCUT2D eigenvalue weighted by molar-refractivity contribution is 5.85. The zero-order chi connectivity index (χ0) is 19.8. The Bertz CT molecular complexity index is 1500. The van der Waals surface area contributed by atoms with E-state index in [2.05, 4.69) is 34.4 Å². The molecule has 6 heteroatoms. The fraction of sp³-hybridized carbons (Fsp3) is 0. The summed E-state index contributed by atoms with van der Waals surface area (Å²) in [6.07, 6.45) is 3.43. The maximum absolute atomic E-state index is 12.6. The van der Waals surface area contributed by atoms with E-state index in [1.165, 1.54) is 6.21 Å². The first-order valence-electron chi connectivity index (χ1n) is 9.16. The molecule has 140 valence electrons. The number of aromatic amines is 1. The predicted octanol–water partition coefficient (Wildman–Crippen LogP) is 3.52. The number of fused-ring (bicyclic) bond motifs is 2. The van der Waals surface area contributed by atoms with Crippen molar-refractivity contribution >= 4 is 27.9 Å². The molecule has 5 rings (SSSR count). The van der Waals surface area contributed by atoms with Crippen LogP contribution in [0.5, 0.6) is 0 Å². The quantitative estimate of drug-likeness (QED) is 0.487. The molecule has 0 amide bonds. The SMILES string of the molecule is O=c1[nH]c2ccccc2c(=O)n1N=Cc1cccn1-c1ccc2ccccc2c1. The number of hydrogen-bond acceptors (Lipinski definition) is 3. The van der Waals surface area contributed by atoms with Gasteiger partial charge in [0.05, 0.1) is 22.8 Å². The Morgan fingerprint density at radius 3 is 2.52 bits per heavy atom. The molecule has 0 bridgehead atoms. The third-order valence-corrected chi connectivity index (χ3v) is 4.88. The van der Waals surface area contributed by atoms with Crippen molar-refractivity contribution in [2.24, 2.45) is 5.10 Å². The monoisotopic (exact) mass is 380 g/mol. The van der Waals surface area contributed by atoms with Crippen LogP contribution in [-0.4, -0.2) is 20.4 Å². The van der Waals surface area contributed by atoms with Gasteiger partial charge in [-0.1, -0.05) is 42.5 Å². The molecule has 0 aliphatic heterocycles. The Kier molecular flexibility index (Phi) is 3.95. The van der Waals surface area contributed by atoms with Gasteiger partial charge in [0.25, 0.3) is 5.56 Å². The number of rotatable bonds is 3. The first-order chi connectivity index (χ1) is 14.2. The average Bonchev–Trinajstić information content (AvgIpc) is 3.22. The molecule has 29 heavy (non-hydrogen) atoms. The van der Waals surface area contributed by atoms with Crippen molar-refractivity contribution in [3.63, 3.8) is 0 Å². The molecule has 2 aromatic heterocycles. The van der Waals surface area contributed by atoms with Crippen molar-refractivity contribution in [2.75, 3.05) is 0 Å². The van der Waals surface area contributed by atoms with Gasteiger partial charge in [-0.15, -0.1) is 4.68 Å². The van der Waals surface area contributed by atoms with E-state index in [4.69, 9.17) is 0 Å². The summed E-state index contributed by atoms with van der Waals surface area (Å²) in [6, 6.07) is 24.9. The lowest BCUT2D eigenvalue weighted by molar-refractivity contribution is 0.770. The predicted molar refractivity (Wildman–Crippen MR) is 115 cm³/mol. The van der Waals surface area contributed by atoms with E-state index in [1.54, 1.807) is 24.3 Å². The van der Waals surface area contributed by atoms with Crippen LogP contribution in [0.25, 0.3) is 27.4 Å². The van der Waals surface area contributed by atoms with Crippen LogP contribution >= 0.6 is 0 Å². The third kappa shape index (κ3) is 2.96. The summed E-state index contributed by atoms with van der Waals surface area (Å²) in [4.78, 5) is 27.6. The Morgan fingerprint density at radius 2 is 1.62 bits per heavy atom. The fourth-order valence-electron chi connectivity index (χ4n) is 3.44. The summed E-state index contributed by atoms with van der Waals surface area (Å²) >= 11 is 0. The van der Waals surface area contributed by atoms with Crippen LogP contribution in [0.4, 0.5) is 0 Å². The van der Waals surface area contributed by atoms with E-state index in [9.17, 15) is 9.59 Å². The van der Waals surface area contributed by atoms with E-state index in [0.29, 0.717) is 10.9 Å². The fourth-order valence-corrected chi connectivity index (χ4v) is 3.44. The molecule has 6 nitrogen and oxygen atoms in total. The van der Waals surface area contributed by atoms with Crippen LogP contribution in [0.2, 0.25) is 0 Å². The minimum atomic E-state index is -0.575. The second kappa shape index (κ2) is 6.76.